The summed E-state index contributed by atoms with van der Waals surface area (Å²) >= 11 is 3.24. The molecular formula is C11H10BrF3N2O. The molecule has 0 aromatic carbocycles. The van der Waals surface area contributed by atoms with Crippen molar-refractivity contribution < 1.29 is 17.7 Å². The molecule has 7 heteroatoms. The van der Waals surface area contributed by atoms with Gasteiger partial charge in [0.15, 0.2) is 0 Å². The minimum absolute atomic E-state index is 0.122. The van der Waals surface area contributed by atoms with Crippen molar-refractivity contribution in [1.29, 1.82) is 0 Å². The van der Waals surface area contributed by atoms with Crippen LogP contribution in [-0.2, 0) is 6.18 Å². The van der Waals surface area contributed by atoms with Crippen molar-refractivity contribution in [1.82, 2.24) is 10.1 Å². The third-order valence-corrected chi connectivity index (χ3v) is 2.83. The summed E-state index contributed by atoms with van der Waals surface area (Å²) in [6.45, 7) is 7.11. The summed E-state index contributed by atoms with van der Waals surface area (Å²) in [5.74, 6) is -1.49. The molecule has 0 saturated heterocycles. The lowest BCUT2D eigenvalue weighted by molar-refractivity contribution is -0.159. The number of rotatable bonds is 3. The fourth-order valence-corrected chi connectivity index (χ4v) is 1.24. The molecule has 0 saturated carbocycles. The van der Waals surface area contributed by atoms with Gasteiger partial charge < -0.3 is 4.52 Å². The van der Waals surface area contributed by atoms with E-state index < -0.39 is 12.1 Å². The first-order valence-corrected chi connectivity index (χ1v) is 5.65. The number of alkyl halides is 3. The van der Waals surface area contributed by atoms with Gasteiger partial charge in [-0.3, -0.25) is 0 Å². The highest BCUT2D eigenvalue weighted by Gasteiger charge is 2.38. The SMILES string of the molecule is C=C(C)/C(Br)=C\C(=C/C)c1noc(C(F)(F)F)n1. The molecule has 0 radical (unpaired) electrons. The summed E-state index contributed by atoms with van der Waals surface area (Å²) in [7, 11) is 0. The molecule has 18 heavy (non-hydrogen) atoms. The van der Waals surface area contributed by atoms with Crippen molar-refractivity contribution in [2.24, 2.45) is 0 Å². The second kappa shape index (κ2) is 5.51. The molecular weight excluding hydrogens is 313 g/mol. The lowest BCUT2D eigenvalue weighted by Gasteiger charge is -1.99. The highest BCUT2D eigenvalue weighted by molar-refractivity contribution is 9.12. The molecule has 0 aliphatic rings. The van der Waals surface area contributed by atoms with Crippen molar-refractivity contribution in [3.63, 3.8) is 0 Å². The maximum absolute atomic E-state index is 12.3. The first-order valence-electron chi connectivity index (χ1n) is 4.86. The molecule has 1 rings (SSSR count). The van der Waals surface area contributed by atoms with Crippen LogP contribution in [-0.4, -0.2) is 10.1 Å². The van der Waals surface area contributed by atoms with Crippen LogP contribution in [0.25, 0.3) is 5.57 Å². The number of hydrogen-bond donors (Lipinski definition) is 0. The van der Waals surface area contributed by atoms with Crippen molar-refractivity contribution in [3.05, 3.63) is 40.5 Å². The molecule has 1 aromatic rings. The van der Waals surface area contributed by atoms with Crippen molar-refractivity contribution in [2.45, 2.75) is 20.0 Å². The van der Waals surface area contributed by atoms with Gasteiger partial charge in [0.25, 0.3) is 0 Å². The standard InChI is InChI=1S/C11H10BrF3N2O/c1-4-7(5-8(12)6(2)3)9-16-10(18-17-9)11(13,14)15/h4-5H,2H2,1,3H3/b7-4+,8-5+. The maximum Gasteiger partial charge on any atom is 0.471 e. The highest BCUT2D eigenvalue weighted by atomic mass is 79.9. The summed E-state index contributed by atoms with van der Waals surface area (Å²) in [6.07, 6.45) is -1.48. The average Bonchev–Trinajstić information content (AvgIpc) is 2.73. The van der Waals surface area contributed by atoms with E-state index >= 15 is 0 Å². The quantitative estimate of drug-likeness (QED) is 0.777. The van der Waals surface area contributed by atoms with Gasteiger partial charge in [0.1, 0.15) is 0 Å². The van der Waals surface area contributed by atoms with E-state index in [0.717, 1.165) is 5.57 Å². The highest BCUT2D eigenvalue weighted by Crippen LogP contribution is 2.29. The van der Waals surface area contributed by atoms with Crippen LogP contribution < -0.4 is 0 Å². The van der Waals surface area contributed by atoms with Gasteiger partial charge in [0.2, 0.25) is 5.82 Å². The Morgan fingerprint density at radius 3 is 2.44 bits per heavy atom. The Morgan fingerprint density at radius 1 is 1.44 bits per heavy atom. The molecule has 1 aromatic heterocycles. The lowest BCUT2D eigenvalue weighted by atomic mass is 10.2. The van der Waals surface area contributed by atoms with Gasteiger partial charge in [-0.1, -0.05) is 33.7 Å². The smallest absolute Gasteiger partial charge is 0.329 e. The van der Waals surface area contributed by atoms with Crippen LogP contribution in [0.2, 0.25) is 0 Å². The van der Waals surface area contributed by atoms with Crippen LogP contribution in [0.1, 0.15) is 25.6 Å². The summed E-state index contributed by atoms with van der Waals surface area (Å²) in [6, 6.07) is 0. The Balaban J connectivity index is 3.09. The first-order chi connectivity index (χ1) is 8.25. The average molecular weight is 323 g/mol. The number of allylic oxidation sites excluding steroid dienone is 5. The van der Waals surface area contributed by atoms with Gasteiger partial charge >= 0.3 is 12.1 Å². The fourth-order valence-electron chi connectivity index (χ4n) is 0.993. The Kier molecular flexibility index (Phi) is 4.50. The number of halogens is 4. The summed E-state index contributed by atoms with van der Waals surface area (Å²) in [5, 5.41) is 3.30. The number of nitrogens with zero attached hydrogens (tertiary/aromatic N) is 2. The normalized spacial score (nSPS) is 13.9. The summed E-state index contributed by atoms with van der Waals surface area (Å²) < 4.78 is 41.7. The second-order valence-electron chi connectivity index (χ2n) is 3.44. The zero-order chi connectivity index (χ0) is 13.9. The third kappa shape index (κ3) is 3.56. The number of aromatic nitrogens is 2. The maximum atomic E-state index is 12.3. The van der Waals surface area contributed by atoms with Crippen molar-refractivity contribution in [2.75, 3.05) is 0 Å². The molecule has 0 fully saturated rings. The zero-order valence-electron chi connectivity index (χ0n) is 9.68. The molecule has 0 aliphatic heterocycles. The van der Waals surface area contributed by atoms with Crippen LogP contribution in [0.5, 0.6) is 0 Å². The van der Waals surface area contributed by atoms with E-state index in [1.807, 2.05) is 0 Å². The molecule has 3 nitrogen and oxygen atoms in total. The molecule has 0 N–H and O–H groups in total. The van der Waals surface area contributed by atoms with Gasteiger partial charge in [-0.15, -0.1) is 0 Å². The summed E-state index contributed by atoms with van der Waals surface area (Å²) in [4.78, 5) is 3.30. The molecule has 0 aliphatic carbocycles. The third-order valence-electron chi connectivity index (χ3n) is 1.93. The Labute approximate surface area is 110 Å². The van der Waals surface area contributed by atoms with Gasteiger partial charge in [-0.2, -0.15) is 18.2 Å². The van der Waals surface area contributed by atoms with Crippen molar-refractivity contribution in [3.8, 4) is 0 Å². The first kappa shape index (κ1) is 14.7. The van der Waals surface area contributed by atoms with Gasteiger partial charge in [0, 0.05) is 10.1 Å². The van der Waals surface area contributed by atoms with E-state index in [2.05, 4.69) is 37.2 Å². The molecule has 0 bridgehead atoms. The monoisotopic (exact) mass is 322 g/mol. The van der Waals surface area contributed by atoms with Gasteiger partial charge in [-0.25, -0.2) is 0 Å². The molecule has 0 atom stereocenters. The molecule has 0 spiro atoms. The zero-order valence-corrected chi connectivity index (χ0v) is 11.3. The fraction of sp³-hybridized carbons (Fsp3) is 0.273. The Bertz CT molecular complexity index is 515. The summed E-state index contributed by atoms with van der Waals surface area (Å²) in [5.41, 5.74) is 1.14. The van der Waals surface area contributed by atoms with E-state index in [0.29, 0.717) is 10.1 Å². The van der Waals surface area contributed by atoms with Gasteiger partial charge in [0.05, 0.1) is 0 Å². The Hall–Kier alpha value is -1.37. The molecule has 0 unspecified atom stereocenters. The van der Waals surface area contributed by atoms with Crippen LogP contribution in [0.3, 0.4) is 0 Å². The topological polar surface area (TPSA) is 38.9 Å². The predicted octanol–water partition coefficient (Wildman–Crippen LogP) is 4.35. The van der Waals surface area contributed by atoms with E-state index in [1.54, 1.807) is 26.0 Å². The Morgan fingerprint density at radius 2 is 2.06 bits per heavy atom. The van der Waals surface area contributed by atoms with Gasteiger partial charge in [-0.05, 0) is 25.5 Å². The minimum Gasteiger partial charge on any atom is -0.329 e. The minimum atomic E-state index is -4.64. The molecule has 98 valence electrons. The van der Waals surface area contributed by atoms with Crippen LogP contribution in [0.4, 0.5) is 13.2 Å². The number of hydrogen-bond acceptors (Lipinski definition) is 3. The van der Waals surface area contributed by atoms with Crippen LogP contribution >= 0.6 is 15.9 Å². The second-order valence-corrected chi connectivity index (χ2v) is 4.29. The largest absolute Gasteiger partial charge is 0.471 e. The van der Waals surface area contributed by atoms with E-state index in [9.17, 15) is 13.2 Å². The predicted molar refractivity (Wildman–Crippen MR) is 64.8 cm³/mol. The van der Waals surface area contributed by atoms with E-state index in [1.165, 1.54) is 0 Å². The molecule has 0 amide bonds. The molecule has 1 heterocycles. The van der Waals surface area contributed by atoms with E-state index in [-0.39, 0.29) is 5.82 Å². The lowest BCUT2D eigenvalue weighted by Crippen LogP contribution is -2.05. The van der Waals surface area contributed by atoms with Crippen LogP contribution in [0, 0.1) is 0 Å². The van der Waals surface area contributed by atoms with Crippen LogP contribution in [0.15, 0.2) is 33.3 Å². The van der Waals surface area contributed by atoms with E-state index in [4.69, 9.17) is 0 Å². The van der Waals surface area contributed by atoms with Crippen molar-refractivity contribution >= 4 is 21.5 Å².